The molecule has 1 N–H and O–H groups in total. The fourth-order valence-corrected chi connectivity index (χ4v) is 3.33. The van der Waals surface area contributed by atoms with E-state index in [0.717, 1.165) is 22.4 Å². The highest BCUT2D eigenvalue weighted by Crippen LogP contribution is 2.30. The van der Waals surface area contributed by atoms with Crippen LogP contribution in [0.1, 0.15) is 35.2 Å². The quantitative estimate of drug-likeness (QED) is 0.500. The van der Waals surface area contributed by atoms with Gasteiger partial charge in [0.15, 0.2) is 0 Å². The second-order valence-electron chi connectivity index (χ2n) is 6.80. The summed E-state index contributed by atoms with van der Waals surface area (Å²) in [6.45, 7) is 2.10. The van der Waals surface area contributed by atoms with E-state index < -0.39 is 6.36 Å². The Morgan fingerprint density at radius 3 is 2.43 bits per heavy atom. The van der Waals surface area contributed by atoms with Crippen LogP contribution in [0.15, 0.2) is 66.9 Å². The molecule has 1 heterocycles. The van der Waals surface area contributed by atoms with Gasteiger partial charge in [0.25, 0.3) is 0 Å². The zero-order valence-electron chi connectivity index (χ0n) is 16.4. The molecule has 1 unspecified atom stereocenters. The molecule has 2 aromatic carbocycles. The second kappa shape index (κ2) is 9.52. The number of aromatic nitrogens is 1. The zero-order chi connectivity index (χ0) is 21.6. The molecule has 0 aliphatic carbocycles. The maximum absolute atomic E-state index is 12.4. The molecule has 3 aromatic rings. The lowest BCUT2D eigenvalue weighted by Gasteiger charge is -2.18. The van der Waals surface area contributed by atoms with Crippen LogP contribution in [0.5, 0.6) is 5.75 Å². The molecule has 0 saturated heterocycles. The van der Waals surface area contributed by atoms with Gasteiger partial charge in [-0.25, -0.2) is 0 Å². The SMILES string of the molecule is CCOC(=O)Cc1cccc(C(Cc2ccc(OC(F)(F)F)cc2)c2ccc[nH]2)c1. The van der Waals surface area contributed by atoms with Gasteiger partial charge in [0.1, 0.15) is 5.75 Å². The van der Waals surface area contributed by atoms with Gasteiger partial charge >= 0.3 is 12.3 Å². The van der Waals surface area contributed by atoms with E-state index in [1.165, 1.54) is 12.1 Å². The maximum Gasteiger partial charge on any atom is 0.573 e. The van der Waals surface area contributed by atoms with Crippen LogP contribution in [0.4, 0.5) is 13.2 Å². The van der Waals surface area contributed by atoms with E-state index in [9.17, 15) is 18.0 Å². The van der Waals surface area contributed by atoms with Crippen molar-refractivity contribution in [3.8, 4) is 5.75 Å². The fourth-order valence-electron chi connectivity index (χ4n) is 3.33. The lowest BCUT2D eigenvalue weighted by molar-refractivity contribution is -0.274. The number of ether oxygens (including phenoxy) is 2. The molecule has 1 atom stereocenters. The Bertz CT molecular complexity index is 951. The lowest BCUT2D eigenvalue weighted by atomic mass is 9.88. The first-order valence-electron chi connectivity index (χ1n) is 9.56. The Balaban J connectivity index is 1.82. The van der Waals surface area contributed by atoms with Crippen molar-refractivity contribution in [1.29, 1.82) is 0 Å². The summed E-state index contributed by atoms with van der Waals surface area (Å²) in [6.07, 6.45) is -2.14. The number of hydrogen-bond acceptors (Lipinski definition) is 3. The van der Waals surface area contributed by atoms with Crippen molar-refractivity contribution >= 4 is 5.97 Å². The fraction of sp³-hybridized carbons (Fsp3) is 0.261. The average molecular weight is 417 g/mol. The highest BCUT2D eigenvalue weighted by Gasteiger charge is 2.31. The first-order valence-corrected chi connectivity index (χ1v) is 9.56. The zero-order valence-corrected chi connectivity index (χ0v) is 16.4. The van der Waals surface area contributed by atoms with E-state index in [0.29, 0.717) is 13.0 Å². The molecule has 1 aromatic heterocycles. The van der Waals surface area contributed by atoms with Gasteiger partial charge in [-0.15, -0.1) is 13.2 Å². The summed E-state index contributed by atoms with van der Waals surface area (Å²) in [4.78, 5) is 15.0. The van der Waals surface area contributed by atoms with Crippen LogP contribution in [0, 0.1) is 0 Å². The highest BCUT2D eigenvalue weighted by atomic mass is 19.4. The maximum atomic E-state index is 12.4. The Hall–Kier alpha value is -3.22. The Morgan fingerprint density at radius 2 is 1.80 bits per heavy atom. The minimum Gasteiger partial charge on any atom is -0.466 e. The van der Waals surface area contributed by atoms with Crippen molar-refractivity contribution in [2.24, 2.45) is 0 Å². The molecule has 7 heteroatoms. The Kier molecular flexibility index (Phi) is 6.82. The number of nitrogens with one attached hydrogen (secondary N) is 1. The summed E-state index contributed by atoms with van der Waals surface area (Å²) in [7, 11) is 0. The summed E-state index contributed by atoms with van der Waals surface area (Å²) < 4.78 is 46.1. The minimum absolute atomic E-state index is 0.0588. The number of halogens is 3. The molecule has 0 spiro atoms. The number of carbonyl (C=O) groups is 1. The van der Waals surface area contributed by atoms with E-state index in [-0.39, 0.29) is 24.1 Å². The highest BCUT2D eigenvalue weighted by molar-refractivity contribution is 5.72. The molecule has 158 valence electrons. The molecule has 0 bridgehead atoms. The normalized spacial score (nSPS) is 12.4. The minimum atomic E-state index is -4.71. The number of hydrogen-bond donors (Lipinski definition) is 1. The molecule has 4 nitrogen and oxygen atoms in total. The summed E-state index contributed by atoms with van der Waals surface area (Å²) in [6, 6.07) is 17.4. The summed E-state index contributed by atoms with van der Waals surface area (Å²) >= 11 is 0. The van der Waals surface area contributed by atoms with Crippen molar-refractivity contribution in [1.82, 2.24) is 4.98 Å². The monoisotopic (exact) mass is 417 g/mol. The summed E-state index contributed by atoms with van der Waals surface area (Å²) in [5.74, 6) is -0.595. The number of benzene rings is 2. The van der Waals surface area contributed by atoms with Gasteiger partial charge in [0.05, 0.1) is 13.0 Å². The molecule has 0 aliphatic heterocycles. The number of aromatic amines is 1. The van der Waals surface area contributed by atoms with Crippen LogP contribution in [0.2, 0.25) is 0 Å². The van der Waals surface area contributed by atoms with Crippen LogP contribution in [0.3, 0.4) is 0 Å². The molecule has 0 aliphatic rings. The first-order chi connectivity index (χ1) is 14.3. The Morgan fingerprint density at radius 1 is 1.03 bits per heavy atom. The molecular weight excluding hydrogens is 395 g/mol. The van der Waals surface area contributed by atoms with Gasteiger partial charge in [0.2, 0.25) is 0 Å². The lowest BCUT2D eigenvalue weighted by Crippen LogP contribution is -2.17. The Labute approximate surface area is 172 Å². The van der Waals surface area contributed by atoms with Crippen molar-refractivity contribution in [2.75, 3.05) is 6.61 Å². The molecule has 30 heavy (non-hydrogen) atoms. The van der Waals surface area contributed by atoms with Gasteiger partial charge in [-0.05, 0) is 54.3 Å². The molecule has 0 amide bonds. The summed E-state index contributed by atoms with van der Waals surface area (Å²) in [5.41, 5.74) is 3.67. The molecule has 3 rings (SSSR count). The van der Waals surface area contributed by atoms with Crippen LogP contribution in [0.25, 0.3) is 0 Å². The topological polar surface area (TPSA) is 51.3 Å². The molecular formula is C23H22F3NO3. The van der Waals surface area contributed by atoms with Crippen LogP contribution in [-0.4, -0.2) is 23.9 Å². The number of alkyl halides is 3. The summed E-state index contributed by atoms with van der Waals surface area (Å²) in [5, 5.41) is 0. The van der Waals surface area contributed by atoms with E-state index in [1.807, 2.05) is 42.6 Å². The molecule has 0 fully saturated rings. The van der Waals surface area contributed by atoms with Crippen molar-refractivity contribution in [2.45, 2.75) is 32.0 Å². The van der Waals surface area contributed by atoms with Gasteiger partial charge in [-0.2, -0.15) is 0 Å². The standard InChI is InChI=1S/C23H22F3NO3/c1-2-29-22(28)15-17-5-3-6-18(13-17)20(21-7-4-12-27-21)14-16-8-10-19(11-9-16)30-23(24,25)26/h3-13,20,27H,2,14-15H2,1H3. The molecule has 0 radical (unpaired) electrons. The van der Waals surface area contributed by atoms with Crippen LogP contribution >= 0.6 is 0 Å². The third kappa shape index (κ3) is 6.14. The number of esters is 1. The second-order valence-corrected chi connectivity index (χ2v) is 6.80. The van der Waals surface area contributed by atoms with Crippen molar-refractivity contribution in [3.05, 3.63) is 89.2 Å². The van der Waals surface area contributed by atoms with E-state index in [2.05, 4.69) is 9.72 Å². The van der Waals surface area contributed by atoms with E-state index >= 15 is 0 Å². The number of H-pyrrole nitrogens is 1. The smallest absolute Gasteiger partial charge is 0.466 e. The molecule has 0 saturated carbocycles. The van der Waals surface area contributed by atoms with Gasteiger partial charge in [-0.3, -0.25) is 4.79 Å². The van der Waals surface area contributed by atoms with Crippen molar-refractivity contribution in [3.63, 3.8) is 0 Å². The van der Waals surface area contributed by atoms with Gasteiger partial charge in [-0.1, -0.05) is 36.4 Å². The van der Waals surface area contributed by atoms with E-state index in [1.54, 1.807) is 19.1 Å². The van der Waals surface area contributed by atoms with E-state index in [4.69, 9.17) is 4.74 Å². The predicted octanol–water partition coefficient (Wildman–Crippen LogP) is 5.39. The largest absolute Gasteiger partial charge is 0.573 e. The average Bonchev–Trinajstić information content (AvgIpc) is 3.21. The third-order valence-electron chi connectivity index (χ3n) is 4.60. The van der Waals surface area contributed by atoms with Gasteiger partial charge < -0.3 is 14.5 Å². The van der Waals surface area contributed by atoms with Crippen LogP contribution < -0.4 is 4.74 Å². The van der Waals surface area contributed by atoms with Crippen LogP contribution in [-0.2, 0) is 22.4 Å². The van der Waals surface area contributed by atoms with Gasteiger partial charge in [0, 0.05) is 17.8 Å². The number of carbonyl (C=O) groups excluding carboxylic acids is 1. The predicted molar refractivity (Wildman–Crippen MR) is 106 cm³/mol. The van der Waals surface area contributed by atoms with Crippen molar-refractivity contribution < 1.29 is 27.4 Å². The number of rotatable bonds is 8. The first kappa shape index (κ1) is 21.5. The third-order valence-corrected chi connectivity index (χ3v) is 4.60.